The monoisotopic (exact) mass is 529 g/mol. The molecule has 0 spiro atoms. The molecule has 1 saturated heterocycles. The molecule has 16 nitrogen and oxygen atoms in total. The van der Waals surface area contributed by atoms with Gasteiger partial charge in [0.2, 0.25) is 0 Å². The standard InChI is InChI=1S/C19H28N7O9P/c20-10(18(29)30)6-36(32,33)34-5-11-13(27)14(28)17(35-11)26-8-23-12-15(21-7-22-16(12)26)25-19(31)24-9-3-1-2-4-9/h7-11,13-14,17,27-28H,1-6,20H2,(H,29,30)(H,32,33)(H2,21,22,24,25,31)/t10?,11-,13?,14+,17-/m1/s1. The maximum atomic E-state index is 12.4. The number of imidazole rings is 1. The fourth-order valence-corrected chi connectivity index (χ4v) is 5.33. The topological polar surface area (TPSA) is 244 Å². The highest BCUT2D eigenvalue weighted by atomic mass is 31.2. The fraction of sp³-hybridized carbons (Fsp3) is 0.632. The highest BCUT2D eigenvalue weighted by Gasteiger charge is 2.45. The number of rotatable bonds is 9. The molecule has 8 N–H and O–H groups in total. The molecular formula is C19H28N7O9P. The zero-order valence-corrected chi connectivity index (χ0v) is 19.9. The lowest BCUT2D eigenvalue weighted by Crippen LogP contribution is -2.36. The number of aliphatic hydroxyl groups excluding tert-OH is 2. The number of hydrogen-bond acceptors (Lipinski definition) is 11. The molecule has 2 aromatic rings. The van der Waals surface area contributed by atoms with Crippen LogP contribution in [0, 0.1) is 0 Å². The minimum absolute atomic E-state index is 0.0941. The van der Waals surface area contributed by atoms with Gasteiger partial charge in [-0.2, -0.15) is 0 Å². The number of urea groups is 1. The van der Waals surface area contributed by atoms with E-state index >= 15 is 0 Å². The Kier molecular flexibility index (Phi) is 7.85. The predicted octanol–water partition coefficient (Wildman–Crippen LogP) is -0.876. The second-order valence-corrected chi connectivity index (χ2v) is 10.6. The Balaban J connectivity index is 1.44. The fourth-order valence-electron chi connectivity index (χ4n) is 4.19. The molecule has 4 rings (SSSR count). The molecule has 3 unspecified atom stereocenters. The third-order valence-electron chi connectivity index (χ3n) is 6.08. The van der Waals surface area contributed by atoms with E-state index in [0.717, 1.165) is 25.7 Å². The number of amides is 2. The van der Waals surface area contributed by atoms with Crippen LogP contribution in [0.5, 0.6) is 0 Å². The summed E-state index contributed by atoms with van der Waals surface area (Å²) in [5, 5.41) is 35.3. The van der Waals surface area contributed by atoms with Crippen LogP contribution in [-0.2, 0) is 18.6 Å². The van der Waals surface area contributed by atoms with Crippen molar-refractivity contribution in [2.24, 2.45) is 5.73 Å². The molecule has 1 aliphatic heterocycles. The van der Waals surface area contributed by atoms with Crippen LogP contribution in [0.15, 0.2) is 12.7 Å². The van der Waals surface area contributed by atoms with E-state index in [1.165, 1.54) is 17.2 Å². The molecule has 17 heteroatoms. The third kappa shape index (κ3) is 5.81. The normalized spacial score (nSPS) is 27.1. The van der Waals surface area contributed by atoms with Crippen molar-refractivity contribution in [3.8, 4) is 0 Å². The Morgan fingerprint density at radius 3 is 2.67 bits per heavy atom. The van der Waals surface area contributed by atoms with Crippen LogP contribution in [0.1, 0.15) is 31.9 Å². The first-order chi connectivity index (χ1) is 17.1. The maximum absolute atomic E-state index is 12.4. The first-order valence-electron chi connectivity index (χ1n) is 11.3. The van der Waals surface area contributed by atoms with Crippen LogP contribution in [-0.4, -0.2) is 94.9 Å². The van der Waals surface area contributed by atoms with Crippen LogP contribution in [0.25, 0.3) is 11.2 Å². The molecule has 0 aromatic carbocycles. The van der Waals surface area contributed by atoms with Crippen molar-refractivity contribution < 1.29 is 43.6 Å². The Morgan fingerprint density at radius 1 is 1.25 bits per heavy atom. The van der Waals surface area contributed by atoms with Gasteiger partial charge in [0.15, 0.2) is 23.2 Å². The first-order valence-corrected chi connectivity index (χ1v) is 13.0. The van der Waals surface area contributed by atoms with E-state index in [9.17, 15) is 29.3 Å². The lowest BCUT2D eigenvalue weighted by atomic mass is 10.1. The summed E-state index contributed by atoms with van der Waals surface area (Å²) < 4.78 is 24.0. The molecule has 1 saturated carbocycles. The second-order valence-electron chi connectivity index (χ2n) is 8.73. The summed E-state index contributed by atoms with van der Waals surface area (Å²) in [6, 6.07) is -1.96. The minimum Gasteiger partial charge on any atom is -0.480 e. The molecule has 36 heavy (non-hydrogen) atoms. The van der Waals surface area contributed by atoms with E-state index in [1.807, 2.05) is 0 Å². The van der Waals surface area contributed by atoms with E-state index in [4.69, 9.17) is 20.1 Å². The van der Waals surface area contributed by atoms with Crippen molar-refractivity contribution in [3.05, 3.63) is 12.7 Å². The first kappa shape index (κ1) is 26.3. The Morgan fingerprint density at radius 2 is 1.97 bits per heavy atom. The van der Waals surface area contributed by atoms with Gasteiger partial charge in [-0.3, -0.25) is 19.2 Å². The number of aliphatic hydroxyl groups is 2. The van der Waals surface area contributed by atoms with Gasteiger partial charge in [-0.1, -0.05) is 12.8 Å². The van der Waals surface area contributed by atoms with Crippen LogP contribution in [0.3, 0.4) is 0 Å². The summed E-state index contributed by atoms with van der Waals surface area (Å²) in [6.07, 6.45) is 0.111. The van der Waals surface area contributed by atoms with Gasteiger partial charge >= 0.3 is 19.6 Å². The van der Waals surface area contributed by atoms with Gasteiger partial charge in [0.05, 0.1) is 19.1 Å². The smallest absolute Gasteiger partial charge is 0.330 e. The van der Waals surface area contributed by atoms with Crippen molar-refractivity contribution in [2.75, 3.05) is 18.1 Å². The van der Waals surface area contributed by atoms with Gasteiger partial charge in [0.25, 0.3) is 0 Å². The van der Waals surface area contributed by atoms with Gasteiger partial charge < -0.3 is 40.5 Å². The van der Waals surface area contributed by atoms with Crippen LogP contribution in [0.2, 0.25) is 0 Å². The summed E-state index contributed by atoms with van der Waals surface area (Å²) >= 11 is 0. The number of carboxylic acid groups (broad SMARTS) is 1. The van der Waals surface area contributed by atoms with Crippen molar-refractivity contribution in [2.45, 2.75) is 62.3 Å². The van der Waals surface area contributed by atoms with Crippen molar-refractivity contribution in [1.29, 1.82) is 0 Å². The molecule has 1 aliphatic carbocycles. The van der Waals surface area contributed by atoms with E-state index in [0.29, 0.717) is 0 Å². The number of carbonyl (C=O) groups is 2. The van der Waals surface area contributed by atoms with E-state index in [-0.39, 0.29) is 23.0 Å². The number of carbonyl (C=O) groups excluding carboxylic acids is 1. The van der Waals surface area contributed by atoms with Gasteiger partial charge in [-0.05, 0) is 12.8 Å². The Bertz CT molecular complexity index is 1160. The van der Waals surface area contributed by atoms with Crippen molar-refractivity contribution in [1.82, 2.24) is 24.8 Å². The van der Waals surface area contributed by atoms with Gasteiger partial charge in [0, 0.05) is 6.04 Å². The third-order valence-corrected chi connectivity index (χ3v) is 7.48. The molecule has 0 radical (unpaired) electrons. The number of nitrogens with one attached hydrogen (secondary N) is 2. The molecule has 2 aromatic heterocycles. The van der Waals surface area contributed by atoms with Crippen LogP contribution in [0.4, 0.5) is 10.6 Å². The van der Waals surface area contributed by atoms with E-state index < -0.39 is 62.9 Å². The molecule has 6 atom stereocenters. The largest absolute Gasteiger partial charge is 0.480 e. The number of nitrogens with zero attached hydrogens (tertiary/aromatic N) is 4. The van der Waals surface area contributed by atoms with Crippen molar-refractivity contribution >= 4 is 36.6 Å². The second kappa shape index (κ2) is 10.7. The summed E-state index contributed by atoms with van der Waals surface area (Å²) in [5.41, 5.74) is 5.68. The van der Waals surface area contributed by atoms with Crippen LogP contribution >= 0.6 is 7.60 Å². The van der Waals surface area contributed by atoms with Gasteiger partial charge in [0.1, 0.15) is 30.7 Å². The number of nitrogens with two attached hydrogens (primary N) is 1. The quantitative estimate of drug-likeness (QED) is 0.195. The average Bonchev–Trinajstić information content (AvgIpc) is 3.54. The summed E-state index contributed by atoms with van der Waals surface area (Å²) in [6.45, 7) is -0.620. The maximum Gasteiger partial charge on any atom is 0.330 e. The van der Waals surface area contributed by atoms with E-state index in [1.54, 1.807) is 0 Å². The molecule has 2 amide bonds. The number of anilines is 1. The summed E-state index contributed by atoms with van der Waals surface area (Å²) in [4.78, 5) is 45.4. The van der Waals surface area contributed by atoms with Crippen molar-refractivity contribution in [3.63, 3.8) is 0 Å². The number of ether oxygens (including phenoxy) is 1. The van der Waals surface area contributed by atoms with Crippen LogP contribution < -0.4 is 16.4 Å². The zero-order valence-electron chi connectivity index (χ0n) is 19.0. The highest BCUT2D eigenvalue weighted by molar-refractivity contribution is 7.52. The lowest BCUT2D eigenvalue weighted by molar-refractivity contribution is -0.138. The molecule has 3 heterocycles. The predicted molar refractivity (Wildman–Crippen MR) is 122 cm³/mol. The summed E-state index contributed by atoms with van der Waals surface area (Å²) in [7, 11) is -4.42. The lowest BCUT2D eigenvalue weighted by Gasteiger charge is -2.19. The number of aromatic nitrogens is 4. The van der Waals surface area contributed by atoms with E-state index in [2.05, 4.69) is 25.6 Å². The number of hydrogen-bond donors (Lipinski definition) is 7. The Labute approximate surface area is 204 Å². The highest BCUT2D eigenvalue weighted by Crippen LogP contribution is 2.43. The SMILES string of the molecule is NC(CP(=O)(O)OC[C@H]1O[C@@H](n2cnc3c(NC(=O)NC4CCCC4)ncnc32)[C@@H](O)C1O)C(=O)O. The minimum atomic E-state index is -4.42. The molecule has 2 aliphatic rings. The molecule has 198 valence electrons. The zero-order chi connectivity index (χ0) is 26.0. The summed E-state index contributed by atoms with van der Waals surface area (Å²) in [5.74, 6) is -1.34. The molecular weight excluding hydrogens is 501 g/mol. The van der Waals surface area contributed by atoms with Gasteiger partial charge in [-0.25, -0.2) is 19.7 Å². The average molecular weight is 529 g/mol. The van der Waals surface area contributed by atoms with Gasteiger partial charge in [-0.15, -0.1) is 0 Å². The number of aliphatic carboxylic acids is 1. The molecule has 0 bridgehead atoms. The number of fused-ring (bicyclic) bond motifs is 1. The Hall–Kier alpha value is -2.72. The molecule has 2 fully saturated rings. The number of carboxylic acids is 1.